The lowest BCUT2D eigenvalue weighted by molar-refractivity contribution is 0.326. The van der Waals surface area contributed by atoms with Crippen molar-refractivity contribution in [2.75, 3.05) is 13.1 Å². The highest BCUT2D eigenvalue weighted by molar-refractivity contribution is 5.85. The molecule has 1 aliphatic heterocycles. The van der Waals surface area contributed by atoms with E-state index in [1.54, 1.807) is 0 Å². The third-order valence-corrected chi connectivity index (χ3v) is 2.70. The van der Waals surface area contributed by atoms with Gasteiger partial charge in [0.2, 0.25) is 0 Å². The fraction of sp³-hybridized carbons (Fsp3) is 0.455. The number of hydrogen-bond donors (Lipinski definition) is 1. The molecule has 1 saturated heterocycles. The quantitative estimate of drug-likeness (QED) is 0.846. The predicted octanol–water partition coefficient (Wildman–Crippen LogP) is 2.54. The van der Waals surface area contributed by atoms with E-state index in [9.17, 15) is 8.78 Å². The molecule has 0 unspecified atom stereocenters. The molecular weight excluding hydrogens is 220 g/mol. The van der Waals surface area contributed by atoms with E-state index in [0.717, 1.165) is 25.6 Å². The Morgan fingerprint density at radius 2 is 2.00 bits per heavy atom. The summed E-state index contributed by atoms with van der Waals surface area (Å²) >= 11 is 0. The van der Waals surface area contributed by atoms with Crippen molar-refractivity contribution < 1.29 is 8.78 Å². The van der Waals surface area contributed by atoms with Gasteiger partial charge in [-0.1, -0.05) is 0 Å². The Bertz CT molecular complexity index is 326. The molecule has 0 aliphatic carbocycles. The number of rotatable bonds is 3. The van der Waals surface area contributed by atoms with Crippen LogP contribution >= 0.6 is 12.4 Å². The molecule has 0 radical (unpaired) electrons. The molecule has 15 heavy (non-hydrogen) atoms. The summed E-state index contributed by atoms with van der Waals surface area (Å²) < 4.78 is 25.9. The lowest BCUT2D eigenvalue weighted by Crippen LogP contribution is -2.42. The van der Waals surface area contributed by atoms with E-state index in [1.165, 1.54) is 12.1 Å². The van der Waals surface area contributed by atoms with Crippen LogP contribution in [0, 0.1) is 17.6 Å². The van der Waals surface area contributed by atoms with Gasteiger partial charge in [-0.2, -0.15) is 0 Å². The molecule has 0 bridgehead atoms. The first kappa shape index (κ1) is 12.4. The Balaban J connectivity index is 0.00000112. The molecule has 0 saturated carbocycles. The van der Waals surface area contributed by atoms with Crippen molar-refractivity contribution in [1.29, 1.82) is 0 Å². The second-order valence-corrected chi connectivity index (χ2v) is 3.80. The Hall–Kier alpha value is -0.670. The standard InChI is InChI=1S/C11H13F2N.ClH/c12-10-3-4-11(13)9(5-10)2-1-8-6-14-7-8;/h3-5,8,14H,1-2,6-7H2;1H. The van der Waals surface area contributed by atoms with Gasteiger partial charge in [-0.15, -0.1) is 12.4 Å². The van der Waals surface area contributed by atoms with Gasteiger partial charge in [-0.25, -0.2) is 8.78 Å². The first-order chi connectivity index (χ1) is 6.75. The lowest BCUT2D eigenvalue weighted by atomic mass is 9.94. The summed E-state index contributed by atoms with van der Waals surface area (Å²) in [6.45, 7) is 2.02. The van der Waals surface area contributed by atoms with E-state index >= 15 is 0 Å². The van der Waals surface area contributed by atoms with Gasteiger partial charge in [-0.3, -0.25) is 0 Å². The topological polar surface area (TPSA) is 12.0 Å². The minimum absolute atomic E-state index is 0. The fourth-order valence-electron chi connectivity index (χ4n) is 1.65. The smallest absolute Gasteiger partial charge is 0.126 e. The zero-order valence-electron chi connectivity index (χ0n) is 8.30. The van der Waals surface area contributed by atoms with Crippen molar-refractivity contribution in [2.45, 2.75) is 12.8 Å². The highest BCUT2D eigenvalue weighted by Gasteiger charge is 2.16. The van der Waals surface area contributed by atoms with Crippen LogP contribution in [0.2, 0.25) is 0 Å². The first-order valence-electron chi connectivity index (χ1n) is 4.90. The van der Waals surface area contributed by atoms with Crippen molar-refractivity contribution >= 4 is 12.4 Å². The minimum Gasteiger partial charge on any atom is -0.316 e. The van der Waals surface area contributed by atoms with Crippen LogP contribution in [0.5, 0.6) is 0 Å². The maximum atomic E-state index is 13.2. The van der Waals surface area contributed by atoms with Crippen LogP contribution < -0.4 is 5.32 Å². The number of halogens is 3. The van der Waals surface area contributed by atoms with Gasteiger partial charge in [0.05, 0.1) is 0 Å². The summed E-state index contributed by atoms with van der Waals surface area (Å²) in [5, 5.41) is 3.16. The van der Waals surface area contributed by atoms with Gasteiger partial charge < -0.3 is 5.32 Å². The van der Waals surface area contributed by atoms with Crippen LogP contribution in [0.25, 0.3) is 0 Å². The van der Waals surface area contributed by atoms with Crippen LogP contribution in [0.1, 0.15) is 12.0 Å². The summed E-state index contributed by atoms with van der Waals surface area (Å²) in [5.41, 5.74) is 0.497. The van der Waals surface area contributed by atoms with Crippen molar-refractivity contribution in [3.05, 3.63) is 35.4 Å². The summed E-state index contributed by atoms with van der Waals surface area (Å²) in [6, 6.07) is 3.65. The van der Waals surface area contributed by atoms with Gasteiger partial charge in [0.15, 0.2) is 0 Å². The van der Waals surface area contributed by atoms with Gasteiger partial charge in [0.25, 0.3) is 0 Å². The number of benzene rings is 1. The molecule has 1 heterocycles. The SMILES string of the molecule is Cl.Fc1ccc(F)c(CCC2CNC2)c1. The van der Waals surface area contributed by atoms with E-state index in [-0.39, 0.29) is 24.0 Å². The molecule has 0 spiro atoms. The molecule has 1 aromatic rings. The van der Waals surface area contributed by atoms with Crippen LogP contribution in [-0.4, -0.2) is 13.1 Å². The Labute approximate surface area is 94.3 Å². The molecule has 1 aromatic carbocycles. The monoisotopic (exact) mass is 233 g/mol. The van der Waals surface area contributed by atoms with Gasteiger partial charge >= 0.3 is 0 Å². The van der Waals surface area contributed by atoms with E-state index in [1.807, 2.05) is 0 Å². The van der Waals surface area contributed by atoms with Crippen molar-refractivity contribution in [3.8, 4) is 0 Å². The van der Waals surface area contributed by atoms with E-state index in [2.05, 4.69) is 5.32 Å². The predicted molar refractivity (Wildman–Crippen MR) is 58.3 cm³/mol. The summed E-state index contributed by atoms with van der Waals surface area (Å²) in [7, 11) is 0. The number of hydrogen-bond acceptors (Lipinski definition) is 1. The minimum atomic E-state index is -0.354. The second-order valence-electron chi connectivity index (χ2n) is 3.80. The molecule has 1 fully saturated rings. The Kier molecular flexibility index (Phi) is 4.48. The molecule has 0 amide bonds. The fourth-order valence-corrected chi connectivity index (χ4v) is 1.65. The van der Waals surface area contributed by atoms with E-state index < -0.39 is 0 Å². The highest BCUT2D eigenvalue weighted by Crippen LogP contribution is 2.16. The molecule has 4 heteroatoms. The molecule has 1 N–H and O–H groups in total. The maximum Gasteiger partial charge on any atom is 0.126 e. The molecule has 1 aliphatic rings. The molecular formula is C11H14ClF2N. The molecule has 84 valence electrons. The van der Waals surface area contributed by atoms with E-state index in [4.69, 9.17) is 0 Å². The highest BCUT2D eigenvalue weighted by atomic mass is 35.5. The Morgan fingerprint density at radius 1 is 1.27 bits per heavy atom. The molecule has 1 nitrogen and oxygen atoms in total. The Morgan fingerprint density at radius 3 is 2.60 bits per heavy atom. The van der Waals surface area contributed by atoms with Crippen molar-refractivity contribution in [3.63, 3.8) is 0 Å². The number of nitrogens with one attached hydrogen (secondary N) is 1. The third-order valence-electron chi connectivity index (χ3n) is 2.70. The van der Waals surface area contributed by atoms with Gasteiger partial charge in [0, 0.05) is 0 Å². The summed E-state index contributed by atoms with van der Waals surface area (Å²) in [4.78, 5) is 0. The molecule has 2 rings (SSSR count). The van der Waals surface area contributed by atoms with Crippen LogP contribution in [0.4, 0.5) is 8.78 Å². The largest absolute Gasteiger partial charge is 0.316 e. The number of aryl methyl sites for hydroxylation is 1. The lowest BCUT2D eigenvalue weighted by Gasteiger charge is -2.26. The van der Waals surface area contributed by atoms with Crippen molar-refractivity contribution in [1.82, 2.24) is 5.32 Å². The average molecular weight is 234 g/mol. The summed E-state index contributed by atoms with van der Waals surface area (Å²) in [6.07, 6.45) is 1.57. The van der Waals surface area contributed by atoms with Crippen LogP contribution in [-0.2, 0) is 6.42 Å². The summed E-state index contributed by atoms with van der Waals surface area (Å²) in [5.74, 6) is -0.00974. The first-order valence-corrected chi connectivity index (χ1v) is 4.90. The second kappa shape index (κ2) is 5.42. The van der Waals surface area contributed by atoms with Gasteiger partial charge in [0.1, 0.15) is 11.6 Å². The third kappa shape index (κ3) is 3.14. The zero-order chi connectivity index (χ0) is 9.97. The maximum absolute atomic E-state index is 13.2. The van der Waals surface area contributed by atoms with E-state index in [0.29, 0.717) is 17.9 Å². The molecule has 0 aromatic heterocycles. The van der Waals surface area contributed by atoms with Crippen LogP contribution in [0.3, 0.4) is 0 Å². The van der Waals surface area contributed by atoms with Gasteiger partial charge in [-0.05, 0) is 55.6 Å². The molecule has 0 atom stereocenters. The van der Waals surface area contributed by atoms with Crippen molar-refractivity contribution in [2.24, 2.45) is 5.92 Å². The van der Waals surface area contributed by atoms with Crippen LogP contribution in [0.15, 0.2) is 18.2 Å². The normalized spacial score (nSPS) is 15.6. The average Bonchev–Trinajstić information content (AvgIpc) is 2.08. The zero-order valence-corrected chi connectivity index (χ0v) is 9.12.